The van der Waals surface area contributed by atoms with Gasteiger partial charge in [0.25, 0.3) is 0 Å². The molecule has 0 saturated carbocycles. The van der Waals surface area contributed by atoms with Gasteiger partial charge >= 0.3 is 6.18 Å². The van der Waals surface area contributed by atoms with E-state index in [9.17, 15) is 13.2 Å². The Bertz CT molecular complexity index is 400. The minimum Gasteiger partial charge on any atom is -0.371 e. The average Bonchev–Trinajstić information content (AvgIpc) is 2.32. The van der Waals surface area contributed by atoms with Crippen molar-refractivity contribution in [3.63, 3.8) is 0 Å². The van der Waals surface area contributed by atoms with E-state index >= 15 is 0 Å². The quantitative estimate of drug-likeness (QED) is 0.839. The molecule has 1 aromatic carbocycles. The molecule has 0 aromatic heterocycles. The van der Waals surface area contributed by atoms with Gasteiger partial charge in [-0.2, -0.15) is 13.2 Å². The maximum absolute atomic E-state index is 12.4. The third kappa shape index (κ3) is 2.77. The molecule has 100 valence electrons. The number of nitrogens with zero attached hydrogens (tertiary/aromatic N) is 1. The van der Waals surface area contributed by atoms with Gasteiger partial charge in [-0.15, -0.1) is 0 Å². The molecular weight excluding hydrogens is 241 g/mol. The standard InChI is InChI=1S/C13H17F3N2/c1-9-8-18(7-6-12(9)17)11-4-2-10(3-5-11)13(14,15)16/h2-5,9,12H,6-8,17H2,1H3. The largest absolute Gasteiger partial charge is 0.416 e. The second-order valence-corrected chi connectivity index (χ2v) is 4.92. The molecule has 5 heteroatoms. The maximum Gasteiger partial charge on any atom is 0.416 e. The molecule has 1 heterocycles. The predicted octanol–water partition coefficient (Wildman–Crippen LogP) is 2.88. The molecule has 0 aliphatic carbocycles. The molecule has 0 bridgehead atoms. The third-order valence-corrected chi connectivity index (χ3v) is 3.53. The zero-order chi connectivity index (χ0) is 13.3. The first-order valence-electron chi connectivity index (χ1n) is 6.05. The number of benzene rings is 1. The van der Waals surface area contributed by atoms with Crippen molar-refractivity contribution in [2.75, 3.05) is 18.0 Å². The second kappa shape index (κ2) is 4.80. The van der Waals surface area contributed by atoms with Gasteiger partial charge in [-0.25, -0.2) is 0 Å². The number of piperidine rings is 1. The average molecular weight is 258 g/mol. The van der Waals surface area contributed by atoms with Gasteiger partial charge in [0.2, 0.25) is 0 Å². The summed E-state index contributed by atoms with van der Waals surface area (Å²) in [7, 11) is 0. The Hall–Kier alpha value is -1.23. The maximum atomic E-state index is 12.4. The van der Waals surface area contributed by atoms with Crippen molar-refractivity contribution >= 4 is 5.69 Å². The van der Waals surface area contributed by atoms with Crippen LogP contribution in [-0.4, -0.2) is 19.1 Å². The van der Waals surface area contributed by atoms with Crippen LogP contribution in [0.5, 0.6) is 0 Å². The molecular formula is C13H17F3N2. The number of rotatable bonds is 1. The summed E-state index contributed by atoms with van der Waals surface area (Å²) < 4.78 is 37.3. The van der Waals surface area contributed by atoms with E-state index in [-0.39, 0.29) is 6.04 Å². The van der Waals surface area contributed by atoms with Gasteiger partial charge in [0, 0.05) is 24.8 Å². The molecule has 0 radical (unpaired) electrons. The van der Waals surface area contributed by atoms with Gasteiger partial charge in [-0.3, -0.25) is 0 Å². The van der Waals surface area contributed by atoms with Crippen LogP contribution in [0.15, 0.2) is 24.3 Å². The lowest BCUT2D eigenvalue weighted by Gasteiger charge is -2.36. The van der Waals surface area contributed by atoms with Gasteiger partial charge in [-0.05, 0) is 36.6 Å². The van der Waals surface area contributed by atoms with E-state index in [1.54, 1.807) is 0 Å². The minimum atomic E-state index is -4.27. The van der Waals surface area contributed by atoms with E-state index in [2.05, 4.69) is 11.8 Å². The Labute approximate surface area is 105 Å². The van der Waals surface area contributed by atoms with Crippen molar-refractivity contribution < 1.29 is 13.2 Å². The zero-order valence-corrected chi connectivity index (χ0v) is 10.2. The fourth-order valence-corrected chi connectivity index (χ4v) is 2.26. The molecule has 2 atom stereocenters. The first kappa shape index (κ1) is 13.2. The first-order valence-corrected chi connectivity index (χ1v) is 6.05. The van der Waals surface area contributed by atoms with Gasteiger partial charge in [-0.1, -0.05) is 6.92 Å². The molecule has 1 fully saturated rings. The van der Waals surface area contributed by atoms with Crippen molar-refractivity contribution in [2.24, 2.45) is 11.7 Å². The number of anilines is 1. The summed E-state index contributed by atoms with van der Waals surface area (Å²) >= 11 is 0. The third-order valence-electron chi connectivity index (χ3n) is 3.53. The van der Waals surface area contributed by atoms with Crippen molar-refractivity contribution in [3.05, 3.63) is 29.8 Å². The van der Waals surface area contributed by atoms with Crippen LogP contribution in [0.4, 0.5) is 18.9 Å². The molecule has 2 nitrogen and oxygen atoms in total. The number of nitrogens with two attached hydrogens (primary N) is 1. The van der Waals surface area contributed by atoms with Crippen molar-refractivity contribution in [2.45, 2.75) is 25.6 Å². The fourth-order valence-electron chi connectivity index (χ4n) is 2.26. The van der Waals surface area contributed by atoms with Crippen LogP contribution < -0.4 is 10.6 Å². The molecule has 2 unspecified atom stereocenters. The monoisotopic (exact) mass is 258 g/mol. The lowest BCUT2D eigenvalue weighted by Crippen LogP contribution is -2.45. The Morgan fingerprint density at radius 1 is 1.22 bits per heavy atom. The molecule has 2 rings (SSSR count). The molecule has 1 saturated heterocycles. The number of hydrogen-bond donors (Lipinski definition) is 1. The number of alkyl halides is 3. The summed E-state index contributed by atoms with van der Waals surface area (Å²) in [5.74, 6) is 0.362. The Kier molecular flexibility index (Phi) is 3.52. The summed E-state index contributed by atoms with van der Waals surface area (Å²) in [4.78, 5) is 2.09. The molecule has 1 aromatic rings. The van der Waals surface area contributed by atoms with Gasteiger partial charge in [0.05, 0.1) is 5.56 Å². The fraction of sp³-hybridized carbons (Fsp3) is 0.538. The Morgan fingerprint density at radius 3 is 2.33 bits per heavy atom. The van der Waals surface area contributed by atoms with E-state index in [4.69, 9.17) is 5.73 Å². The van der Waals surface area contributed by atoms with Crippen LogP contribution in [0.25, 0.3) is 0 Å². The second-order valence-electron chi connectivity index (χ2n) is 4.92. The van der Waals surface area contributed by atoms with Crippen LogP contribution in [0.2, 0.25) is 0 Å². The summed E-state index contributed by atoms with van der Waals surface area (Å²) in [6.07, 6.45) is -3.39. The van der Waals surface area contributed by atoms with Gasteiger partial charge in [0.1, 0.15) is 0 Å². The predicted molar refractivity (Wildman–Crippen MR) is 65.4 cm³/mol. The van der Waals surface area contributed by atoms with Gasteiger partial charge < -0.3 is 10.6 Å². The first-order chi connectivity index (χ1) is 8.38. The number of hydrogen-bond acceptors (Lipinski definition) is 2. The summed E-state index contributed by atoms with van der Waals surface area (Å²) in [5, 5.41) is 0. The van der Waals surface area contributed by atoms with Crippen molar-refractivity contribution in [1.82, 2.24) is 0 Å². The minimum absolute atomic E-state index is 0.190. The smallest absolute Gasteiger partial charge is 0.371 e. The lowest BCUT2D eigenvalue weighted by molar-refractivity contribution is -0.137. The highest BCUT2D eigenvalue weighted by molar-refractivity contribution is 5.48. The highest BCUT2D eigenvalue weighted by atomic mass is 19.4. The summed E-state index contributed by atoms with van der Waals surface area (Å²) in [5.41, 5.74) is 6.16. The molecule has 1 aliphatic rings. The van der Waals surface area contributed by atoms with E-state index in [1.165, 1.54) is 12.1 Å². The molecule has 1 aliphatic heterocycles. The lowest BCUT2D eigenvalue weighted by atomic mass is 9.94. The summed E-state index contributed by atoms with van der Waals surface area (Å²) in [6, 6.07) is 5.53. The topological polar surface area (TPSA) is 29.3 Å². The number of halogens is 3. The van der Waals surface area contributed by atoms with Crippen LogP contribution in [-0.2, 0) is 6.18 Å². The summed E-state index contributed by atoms with van der Waals surface area (Å²) in [6.45, 7) is 3.67. The highest BCUT2D eigenvalue weighted by Crippen LogP contribution is 2.31. The van der Waals surface area contributed by atoms with Crippen molar-refractivity contribution in [1.29, 1.82) is 0 Å². The molecule has 2 N–H and O–H groups in total. The van der Waals surface area contributed by atoms with Crippen LogP contribution in [0.3, 0.4) is 0 Å². The zero-order valence-electron chi connectivity index (χ0n) is 10.2. The Balaban J connectivity index is 2.11. The molecule has 0 amide bonds. The molecule has 0 spiro atoms. The molecule has 18 heavy (non-hydrogen) atoms. The highest BCUT2D eigenvalue weighted by Gasteiger charge is 2.30. The van der Waals surface area contributed by atoms with Crippen LogP contribution in [0, 0.1) is 5.92 Å². The Morgan fingerprint density at radius 2 is 1.83 bits per heavy atom. The van der Waals surface area contributed by atoms with Gasteiger partial charge in [0.15, 0.2) is 0 Å². The normalized spacial score (nSPS) is 25.3. The van der Waals surface area contributed by atoms with Crippen molar-refractivity contribution in [3.8, 4) is 0 Å². The van der Waals surface area contributed by atoms with E-state index in [0.29, 0.717) is 5.92 Å². The van der Waals surface area contributed by atoms with E-state index in [0.717, 1.165) is 37.3 Å². The van der Waals surface area contributed by atoms with E-state index in [1.807, 2.05) is 0 Å². The van der Waals surface area contributed by atoms with Crippen LogP contribution in [0.1, 0.15) is 18.9 Å². The van der Waals surface area contributed by atoms with Crippen LogP contribution >= 0.6 is 0 Å². The van der Waals surface area contributed by atoms with E-state index < -0.39 is 11.7 Å². The SMILES string of the molecule is CC1CN(c2ccc(C(F)(F)F)cc2)CCC1N.